The Balaban J connectivity index is 0.000000845. The number of thiazole rings is 1. The van der Waals surface area contributed by atoms with Gasteiger partial charge in [-0.2, -0.15) is 0 Å². The average Bonchev–Trinajstić information content (AvgIpc) is 2.54. The van der Waals surface area contributed by atoms with E-state index >= 15 is 0 Å². The minimum absolute atomic E-state index is 0. The van der Waals surface area contributed by atoms with Gasteiger partial charge in [0.25, 0.3) is 0 Å². The Morgan fingerprint density at radius 3 is 2.69 bits per heavy atom. The molecule has 2 heterocycles. The number of aromatic hydroxyl groups is 1. The summed E-state index contributed by atoms with van der Waals surface area (Å²) in [6.45, 7) is 0. The van der Waals surface area contributed by atoms with Crippen LogP contribution >= 0.6 is 11.3 Å². The van der Waals surface area contributed by atoms with Gasteiger partial charge in [-0.3, -0.25) is 4.98 Å². The molecular weight excluding hydrogens is 184 g/mol. The molecule has 0 aromatic carbocycles. The topological polar surface area (TPSA) is 46.0 Å². The third-order valence-corrected chi connectivity index (χ3v) is 2.23. The molecule has 4 heteroatoms. The summed E-state index contributed by atoms with van der Waals surface area (Å²) in [4.78, 5) is 7.99. The summed E-state index contributed by atoms with van der Waals surface area (Å²) < 4.78 is 0. The van der Waals surface area contributed by atoms with E-state index in [1.54, 1.807) is 11.6 Å². The van der Waals surface area contributed by atoms with E-state index in [4.69, 9.17) is 5.11 Å². The lowest BCUT2D eigenvalue weighted by molar-refractivity contribution is 0.458. The van der Waals surface area contributed by atoms with Crippen LogP contribution < -0.4 is 0 Å². The van der Waals surface area contributed by atoms with E-state index in [1.807, 2.05) is 18.2 Å². The van der Waals surface area contributed by atoms with Crippen LogP contribution in [0.15, 0.2) is 29.8 Å². The van der Waals surface area contributed by atoms with Crippen molar-refractivity contribution >= 4 is 11.3 Å². The van der Waals surface area contributed by atoms with E-state index in [2.05, 4.69) is 9.97 Å². The molecule has 13 heavy (non-hydrogen) atoms. The van der Waals surface area contributed by atoms with Crippen LogP contribution in [0.2, 0.25) is 0 Å². The Bertz CT molecular complexity index is 372. The van der Waals surface area contributed by atoms with Crippen molar-refractivity contribution in [1.29, 1.82) is 0 Å². The fourth-order valence-electron chi connectivity index (χ4n) is 0.872. The first-order chi connectivity index (χ1) is 5.86. The number of rotatable bonds is 1. The Morgan fingerprint density at radius 2 is 2.15 bits per heavy atom. The molecule has 0 aliphatic rings. The SMILES string of the molecule is C.Oc1csc(-c2ccccn2)n1. The monoisotopic (exact) mass is 194 g/mol. The minimum atomic E-state index is 0. The molecule has 0 fully saturated rings. The van der Waals surface area contributed by atoms with Gasteiger partial charge < -0.3 is 5.11 Å². The van der Waals surface area contributed by atoms with Crippen molar-refractivity contribution in [1.82, 2.24) is 9.97 Å². The van der Waals surface area contributed by atoms with Crippen LogP contribution in [0.4, 0.5) is 0 Å². The smallest absolute Gasteiger partial charge is 0.222 e. The zero-order valence-corrected chi connectivity index (χ0v) is 6.95. The largest absolute Gasteiger partial charge is 0.493 e. The molecule has 68 valence electrons. The third kappa shape index (κ3) is 2.03. The zero-order chi connectivity index (χ0) is 8.39. The maximum Gasteiger partial charge on any atom is 0.222 e. The minimum Gasteiger partial charge on any atom is -0.493 e. The number of aromatic nitrogens is 2. The van der Waals surface area contributed by atoms with E-state index in [-0.39, 0.29) is 13.3 Å². The van der Waals surface area contributed by atoms with Gasteiger partial charge in [0, 0.05) is 6.20 Å². The summed E-state index contributed by atoms with van der Waals surface area (Å²) in [5, 5.41) is 11.3. The predicted molar refractivity (Wildman–Crippen MR) is 53.7 cm³/mol. The first kappa shape index (κ1) is 9.67. The molecule has 0 saturated heterocycles. The van der Waals surface area contributed by atoms with E-state index in [0.29, 0.717) is 0 Å². The molecule has 2 aromatic heterocycles. The Morgan fingerprint density at radius 1 is 1.31 bits per heavy atom. The number of hydrogen-bond donors (Lipinski definition) is 1. The molecule has 0 atom stereocenters. The van der Waals surface area contributed by atoms with Crippen LogP contribution in [0, 0.1) is 0 Å². The molecule has 0 amide bonds. The van der Waals surface area contributed by atoms with Gasteiger partial charge in [0.15, 0.2) is 0 Å². The second-order valence-electron chi connectivity index (χ2n) is 2.23. The summed E-state index contributed by atoms with van der Waals surface area (Å²) >= 11 is 1.38. The number of pyridine rings is 1. The Kier molecular flexibility index (Phi) is 2.97. The molecule has 0 saturated carbocycles. The van der Waals surface area contributed by atoms with Gasteiger partial charge in [0.2, 0.25) is 5.88 Å². The molecule has 0 unspecified atom stereocenters. The summed E-state index contributed by atoms with van der Waals surface area (Å²) in [7, 11) is 0. The summed E-state index contributed by atoms with van der Waals surface area (Å²) in [6.07, 6.45) is 1.70. The highest BCUT2D eigenvalue weighted by atomic mass is 32.1. The van der Waals surface area contributed by atoms with E-state index < -0.39 is 0 Å². The molecule has 2 rings (SSSR count). The Labute approximate surface area is 80.7 Å². The first-order valence-electron chi connectivity index (χ1n) is 3.42. The summed E-state index contributed by atoms with van der Waals surface area (Å²) in [6, 6.07) is 5.59. The molecule has 0 bridgehead atoms. The molecular formula is C9H10N2OS. The highest BCUT2D eigenvalue weighted by Crippen LogP contribution is 2.23. The van der Waals surface area contributed by atoms with Crippen molar-refractivity contribution in [3.05, 3.63) is 29.8 Å². The number of nitrogens with zero attached hydrogens (tertiary/aromatic N) is 2. The van der Waals surface area contributed by atoms with Crippen molar-refractivity contribution in [2.45, 2.75) is 7.43 Å². The molecule has 0 aliphatic carbocycles. The second-order valence-corrected chi connectivity index (χ2v) is 3.08. The Hall–Kier alpha value is -1.42. The lowest BCUT2D eigenvalue weighted by Gasteiger charge is -1.90. The van der Waals surface area contributed by atoms with Crippen molar-refractivity contribution in [2.24, 2.45) is 0 Å². The van der Waals surface area contributed by atoms with Gasteiger partial charge in [-0.25, -0.2) is 4.98 Å². The lowest BCUT2D eigenvalue weighted by Crippen LogP contribution is -1.78. The van der Waals surface area contributed by atoms with Crippen LogP contribution in [-0.4, -0.2) is 15.1 Å². The van der Waals surface area contributed by atoms with Crippen LogP contribution in [0.5, 0.6) is 5.88 Å². The summed E-state index contributed by atoms with van der Waals surface area (Å²) in [5.74, 6) is 0.0562. The quantitative estimate of drug-likeness (QED) is 0.758. The standard InChI is InChI=1S/C8H6N2OS.CH4/c11-7-5-12-8(10-7)6-3-1-2-4-9-6;/h1-5,11H;1H4. The van der Waals surface area contributed by atoms with E-state index in [0.717, 1.165) is 10.7 Å². The maximum absolute atomic E-state index is 8.99. The predicted octanol–water partition coefficient (Wildman–Crippen LogP) is 2.55. The molecule has 0 aliphatic heterocycles. The van der Waals surface area contributed by atoms with Gasteiger partial charge in [-0.15, -0.1) is 11.3 Å². The highest BCUT2D eigenvalue weighted by Gasteiger charge is 2.02. The fourth-order valence-corrected chi connectivity index (χ4v) is 1.53. The van der Waals surface area contributed by atoms with Gasteiger partial charge in [-0.1, -0.05) is 13.5 Å². The normalized spacial score (nSPS) is 9.23. The zero-order valence-electron chi connectivity index (χ0n) is 6.14. The van der Waals surface area contributed by atoms with Crippen molar-refractivity contribution in [2.75, 3.05) is 0 Å². The van der Waals surface area contributed by atoms with Gasteiger partial charge in [0.1, 0.15) is 5.01 Å². The van der Waals surface area contributed by atoms with Crippen LogP contribution in [0.25, 0.3) is 10.7 Å². The molecule has 3 nitrogen and oxygen atoms in total. The molecule has 1 N–H and O–H groups in total. The van der Waals surface area contributed by atoms with Crippen molar-refractivity contribution < 1.29 is 5.11 Å². The summed E-state index contributed by atoms with van der Waals surface area (Å²) in [5.41, 5.74) is 0.794. The molecule has 0 radical (unpaired) electrons. The van der Waals surface area contributed by atoms with Crippen molar-refractivity contribution in [3.63, 3.8) is 0 Å². The second kappa shape index (κ2) is 4.00. The number of hydrogen-bond acceptors (Lipinski definition) is 4. The van der Waals surface area contributed by atoms with E-state index in [1.165, 1.54) is 11.3 Å². The van der Waals surface area contributed by atoms with Gasteiger partial charge in [-0.05, 0) is 12.1 Å². The maximum atomic E-state index is 8.99. The molecule has 0 spiro atoms. The van der Waals surface area contributed by atoms with E-state index in [9.17, 15) is 0 Å². The first-order valence-corrected chi connectivity index (χ1v) is 4.30. The fraction of sp³-hybridized carbons (Fsp3) is 0.111. The van der Waals surface area contributed by atoms with Crippen LogP contribution in [-0.2, 0) is 0 Å². The lowest BCUT2D eigenvalue weighted by atomic mass is 10.4. The van der Waals surface area contributed by atoms with Crippen LogP contribution in [0.1, 0.15) is 7.43 Å². The molecule has 2 aromatic rings. The van der Waals surface area contributed by atoms with Crippen molar-refractivity contribution in [3.8, 4) is 16.6 Å². The average molecular weight is 194 g/mol. The third-order valence-electron chi connectivity index (χ3n) is 1.38. The highest BCUT2D eigenvalue weighted by molar-refractivity contribution is 7.13. The van der Waals surface area contributed by atoms with Gasteiger partial charge >= 0.3 is 0 Å². The van der Waals surface area contributed by atoms with Gasteiger partial charge in [0.05, 0.1) is 11.1 Å². The van der Waals surface area contributed by atoms with Crippen LogP contribution in [0.3, 0.4) is 0 Å².